The summed E-state index contributed by atoms with van der Waals surface area (Å²) in [7, 11) is -3.61. The molecule has 0 aliphatic heterocycles. The maximum atomic E-state index is 12.1. The highest BCUT2D eigenvalue weighted by atomic mass is 32.2. The predicted molar refractivity (Wildman–Crippen MR) is 92.5 cm³/mol. The monoisotopic (exact) mass is 376 g/mol. The van der Waals surface area contributed by atoms with Gasteiger partial charge in [0.05, 0.1) is 0 Å². The van der Waals surface area contributed by atoms with Gasteiger partial charge in [-0.25, -0.2) is 13.1 Å². The van der Waals surface area contributed by atoms with Crippen LogP contribution in [0.4, 0.5) is 0 Å². The fourth-order valence-corrected chi connectivity index (χ4v) is 4.40. The van der Waals surface area contributed by atoms with E-state index in [-0.39, 0.29) is 29.5 Å². The van der Waals surface area contributed by atoms with E-state index in [0.29, 0.717) is 25.3 Å². The molecule has 0 aliphatic rings. The summed E-state index contributed by atoms with van der Waals surface area (Å²) >= 11 is 1.15. The highest BCUT2D eigenvalue weighted by Gasteiger charge is 2.16. The number of amides is 1. The van der Waals surface area contributed by atoms with Gasteiger partial charge in [0.25, 0.3) is 0 Å². The molecule has 0 atom stereocenters. The Morgan fingerprint density at radius 3 is 2.58 bits per heavy atom. The zero-order valence-electron chi connectivity index (χ0n) is 13.9. The molecule has 24 heavy (non-hydrogen) atoms. The molecule has 1 aromatic rings. The van der Waals surface area contributed by atoms with Crippen molar-refractivity contribution in [2.45, 2.75) is 43.7 Å². The van der Waals surface area contributed by atoms with Crippen LogP contribution in [0.25, 0.3) is 0 Å². The van der Waals surface area contributed by atoms with Crippen LogP contribution in [0, 0.1) is 5.92 Å². The number of carboxylic acids is 1. The van der Waals surface area contributed by atoms with E-state index in [2.05, 4.69) is 10.0 Å². The standard InChI is InChI=1S/C15H24N2O5S2/c1-11(2)10-13(18)16-9-7-12-5-6-15(23-12)24(21,22)17-8-3-4-14(19)20/h5-6,11,17H,3-4,7-10H2,1-2H3,(H,16,18)(H,19,20). The summed E-state index contributed by atoms with van der Waals surface area (Å²) in [5.41, 5.74) is 0. The topological polar surface area (TPSA) is 113 Å². The quantitative estimate of drug-likeness (QED) is 0.508. The molecule has 0 saturated heterocycles. The Kier molecular flexibility index (Phi) is 8.37. The minimum Gasteiger partial charge on any atom is -0.481 e. The molecule has 0 radical (unpaired) electrons. The Morgan fingerprint density at radius 2 is 1.96 bits per heavy atom. The Labute approximate surface area is 146 Å². The van der Waals surface area contributed by atoms with Crippen LogP contribution in [0.1, 0.15) is 38.0 Å². The minimum absolute atomic E-state index is 0.00509. The van der Waals surface area contributed by atoms with Gasteiger partial charge in [-0.3, -0.25) is 9.59 Å². The number of hydrogen-bond acceptors (Lipinski definition) is 5. The van der Waals surface area contributed by atoms with Gasteiger partial charge >= 0.3 is 5.97 Å². The molecule has 0 unspecified atom stereocenters. The third-order valence-electron chi connectivity index (χ3n) is 3.05. The molecular weight excluding hydrogens is 352 g/mol. The molecule has 1 aromatic heterocycles. The van der Waals surface area contributed by atoms with Crippen LogP contribution in [0.3, 0.4) is 0 Å². The third kappa shape index (κ3) is 7.89. The van der Waals surface area contributed by atoms with Crippen molar-refractivity contribution in [3.8, 4) is 0 Å². The zero-order valence-corrected chi connectivity index (χ0v) is 15.5. The minimum atomic E-state index is -3.61. The van der Waals surface area contributed by atoms with Gasteiger partial charge in [-0.15, -0.1) is 11.3 Å². The molecule has 0 aliphatic carbocycles. The van der Waals surface area contributed by atoms with Crippen LogP contribution in [0.2, 0.25) is 0 Å². The average molecular weight is 377 g/mol. The van der Waals surface area contributed by atoms with Crippen molar-refractivity contribution in [2.24, 2.45) is 5.92 Å². The number of thiophene rings is 1. The van der Waals surface area contributed by atoms with Crippen molar-refractivity contribution >= 4 is 33.2 Å². The second-order valence-electron chi connectivity index (χ2n) is 5.81. The van der Waals surface area contributed by atoms with Gasteiger partial charge < -0.3 is 10.4 Å². The Morgan fingerprint density at radius 1 is 1.25 bits per heavy atom. The number of carboxylic acid groups (broad SMARTS) is 1. The molecule has 0 saturated carbocycles. The molecule has 0 aromatic carbocycles. The lowest BCUT2D eigenvalue weighted by Gasteiger charge is -2.06. The fourth-order valence-electron chi connectivity index (χ4n) is 1.92. The van der Waals surface area contributed by atoms with Gasteiger partial charge in [-0.05, 0) is 30.9 Å². The molecule has 136 valence electrons. The highest BCUT2D eigenvalue weighted by Crippen LogP contribution is 2.21. The first-order valence-corrected chi connectivity index (χ1v) is 10.1. The summed E-state index contributed by atoms with van der Waals surface area (Å²) in [6.07, 6.45) is 1.22. The van der Waals surface area contributed by atoms with Gasteiger partial charge in [0.15, 0.2) is 0 Å². The Hall–Kier alpha value is -1.45. The van der Waals surface area contributed by atoms with Crippen LogP contribution in [-0.2, 0) is 26.0 Å². The van der Waals surface area contributed by atoms with Crippen LogP contribution >= 0.6 is 11.3 Å². The van der Waals surface area contributed by atoms with E-state index in [9.17, 15) is 18.0 Å². The summed E-state index contributed by atoms with van der Waals surface area (Å²) in [6, 6.07) is 3.25. The van der Waals surface area contributed by atoms with Crippen molar-refractivity contribution in [1.29, 1.82) is 0 Å². The summed E-state index contributed by atoms with van der Waals surface area (Å²) in [4.78, 5) is 22.8. The normalized spacial score (nSPS) is 11.6. The van der Waals surface area contributed by atoms with E-state index in [4.69, 9.17) is 5.11 Å². The van der Waals surface area contributed by atoms with Gasteiger partial charge in [-0.2, -0.15) is 0 Å². The average Bonchev–Trinajstić information content (AvgIpc) is 2.92. The van der Waals surface area contributed by atoms with E-state index < -0.39 is 16.0 Å². The van der Waals surface area contributed by atoms with Crippen LogP contribution in [-0.4, -0.2) is 38.5 Å². The SMILES string of the molecule is CC(C)CC(=O)NCCc1ccc(S(=O)(=O)NCCCC(=O)O)s1. The van der Waals surface area contributed by atoms with E-state index >= 15 is 0 Å². The lowest BCUT2D eigenvalue weighted by atomic mass is 10.1. The number of sulfonamides is 1. The molecule has 1 heterocycles. The maximum absolute atomic E-state index is 12.1. The zero-order chi connectivity index (χ0) is 18.2. The molecule has 3 N–H and O–H groups in total. The van der Waals surface area contributed by atoms with Gasteiger partial charge in [0.2, 0.25) is 15.9 Å². The maximum Gasteiger partial charge on any atom is 0.303 e. The molecule has 0 spiro atoms. The molecule has 1 amide bonds. The van der Waals surface area contributed by atoms with E-state index in [0.717, 1.165) is 16.2 Å². The predicted octanol–water partition coefficient (Wildman–Crippen LogP) is 1.60. The van der Waals surface area contributed by atoms with E-state index in [1.165, 1.54) is 6.07 Å². The van der Waals surface area contributed by atoms with Crippen molar-refractivity contribution < 1.29 is 23.1 Å². The van der Waals surface area contributed by atoms with E-state index in [1.54, 1.807) is 6.07 Å². The summed E-state index contributed by atoms with van der Waals surface area (Å²) in [5, 5.41) is 11.3. The van der Waals surface area contributed by atoms with Crippen molar-refractivity contribution in [3.05, 3.63) is 17.0 Å². The Balaban J connectivity index is 2.43. The van der Waals surface area contributed by atoms with Gasteiger partial charge in [0.1, 0.15) is 4.21 Å². The fraction of sp³-hybridized carbons (Fsp3) is 0.600. The van der Waals surface area contributed by atoms with Gasteiger partial charge in [-0.1, -0.05) is 13.8 Å². The number of carbonyl (C=O) groups excluding carboxylic acids is 1. The third-order valence-corrected chi connectivity index (χ3v) is 6.15. The highest BCUT2D eigenvalue weighted by molar-refractivity contribution is 7.91. The number of carbonyl (C=O) groups is 2. The number of hydrogen-bond donors (Lipinski definition) is 3. The van der Waals surface area contributed by atoms with Crippen molar-refractivity contribution in [1.82, 2.24) is 10.0 Å². The first-order chi connectivity index (χ1) is 11.2. The summed E-state index contributed by atoms with van der Waals surface area (Å²) in [5.74, 6) is -0.655. The summed E-state index contributed by atoms with van der Waals surface area (Å²) < 4.78 is 26.7. The number of rotatable bonds is 11. The largest absolute Gasteiger partial charge is 0.481 e. The number of aliphatic carboxylic acids is 1. The second-order valence-corrected chi connectivity index (χ2v) is 8.98. The summed E-state index contributed by atoms with van der Waals surface area (Å²) in [6.45, 7) is 4.50. The molecule has 9 heteroatoms. The Bertz CT molecular complexity index is 653. The second kappa shape index (κ2) is 9.75. The van der Waals surface area contributed by atoms with Crippen LogP contribution < -0.4 is 10.0 Å². The lowest BCUT2D eigenvalue weighted by Crippen LogP contribution is -2.26. The molecule has 1 rings (SSSR count). The molecule has 7 nitrogen and oxygen atoms in total. The molecular formula is C15H24N2O5S2. The molecule has 0 fully saturated rings. The van der Waals surface area contributed by atoms with Gasteiger partial charge in [0, 0.05) is 30.8 Å². The van der Waals surface area contributed by atoms with Crippen molar-refractivity contribution in [3.63, 3.8) is 0 Å². The lowest BCUT2D eigenvalue weighted by molar-refractivity contribution is -0.137. The first kappa shape index (κ1) is 20.6. The van der Waals surface area contributed by atoms with Crippen LogP contribution in [0.15, 0.2) is 16.3 Å². The number of nitrogens with one attached hydrogen (secondary N) is 2. The van der Waals surface area contributed by atoms with Crippen molar-refractivity contribution in [2.75, 3.05) is 13.1 Å². The van der Waals surface area contributed by atoms with Crippen LogP contribution in [0.5, 0.6) is 0 Å². The van der Waals surface area contributed by atoms with E-state index in [1.807, 2.05) is 13.8 Å². The smallest absolute Gasteiger partial charge is 0.303 e. The first-order valence-electron chi connectivity index (χ1n) is 7.77. The molecule has 0 bridgehead atoms.